The first-order chi connectivity index (χ1) is 14.6. The Labute approximate surface area is 178 Å². The smallest absolute Gasteiger partial charge is 0.350 e. The number of piperidine rings is 1. The van der Waals surface area contributed by atoms with Gasteiger partial charge in [-0.15, -0.1) is 5.10 Å². The molecule has 31 heavy (non-hydrogen) atoms. The molecule has 1 aromatic heterocycles. The van der Waals surface area contributed by atoms with Crippen molar-refractivity contribution in [1.29, 1.82) is 0 Å². The van der Waals surface area contributed by atoms with Crippen LogP contribution in [0.4, 0.5) is 17.6 Å². The van der Waals surface area contributed by atoms with Crippen LogP contribution in [0.5, 0.6) is 0 Å². The van der Waals surface area contributed by atoms with Crippen molar-refractivity contribution >= 4 is 5.91 Å². The number of rotatable bonds is 7. The number of hydrogen-bond donors (Lipinski definition) is 1. The average Bonchev–Trinajstić information content (AvgIpc) is 3.17. The molecule has 0 atom stereocenters. The highest BCUT2D eigenvalue weighted by atomic mass is 19.4. The van der Waals surface area contributed by atoms with Gasteiger partial charge in [0, 0.05) is 19.6 Å². The third kappa shape index (κ3) is 6.01. The second kappa shape index (κ2) is 9.73. The number of nitrogens with one attached hydrogen (secondary N) is 1. The van der Waals surface area contributed by atoms with Gasteiger partial charge in [0.15, 0.2) is 11.4 Å². The molecule has 1 aliphatic rings. The average molecular weight is 442 g/mol. The molecule has 3 rings (SSSR count). The van der Waals surface area contributed by atoms with Crippen molar-refractivity contribution in [2.24, 2.45) is 5.92 Å². The number of carbonyl (C=O) groups excluding carboxylic acids is 1. The highest BCUT2D eigenvalue weighted by molar-refractivity contribution is 5.93. The van der Waals surface area contributed by atoms with Crippen LogP contribution in [0.25, 0.3) is 5.69 Å². The third-order valence-electron chi connectivity index (χ3n) is 5.35. The Kier molecular flexibility index (Phi) is 7.26. The van der Waals surface area contributed by atoms with Gasteiger partial charge in [-0.25, -0.2) is 9.07 Å². The molecule has 0 saturated carbocycles. The molecule has 0 radical (unpaired) electrons. The Bertz CT molecular complexity index is 873. The van der Waals surface area contributed by atoms with Crippen LogP contribution >= 0.6 is 0 Å². The van der Waals surface area contributed by atoms with Crippen molar-refractivity contribution in [1.82, 2.24) is 30.1 Å². The lowest BCUT2D eigenvalue weighted by atomic mass is 9.96. The molecule has 1 amide bonds. The zero-order valence-electron chi connectivity index (χ0n) is 17.5. The normalized spacial score (nSPS) is 16.1. The van der Waals surface area contributed by atoms with Gasteiger partial charge in [-0.1, -0.05) is 5.21 Å². The quantitative estimate of drug-likeness (QED) is 0.668. The monoisotopic (exact) mass is 442 g/mol. The molecule has 0 unspecified atom stereocenters. The second-order valence-corrected chi connectivity index (χ2v) is 7.97. The summed E-state index contributed by atoms with van der Waals surface area (Å²) in [6, 6.07) is 4.32. The molecule has 2 aromatic rings. The molecule has 1 N–H and O–H groups in total. The number of benzene rings is 1. The van der Waals surface area contributed by atoms with Crippen LogP contribution in [-0.4, -0.2) is 77.5 Å². The van der Waals surface area contributed by atoms with Crippen molar-refractivity contribution in [2.45, 2.75) is 19.0 Å². The summed E-state index contributed by atoms with van der Waals surface area (Å²) < 4.78 is 54.6. The molecule has 0 bridgehead atoms. The third-order valence-corrected chi connectivity index (χ3v) is 5.35. The highest BCUT2D eigenvalue weighted by Gasteiger charge is 2.42. The van der Waals surface area contributed by atoms with E-state index in [1.807, 2.05) is 14.1 Å². The lowest BCUT2D eigenvalue weighted by Crippen LogP contribution is -2.41. The minimum absolute atomic E-state index is 0.0367. The fourth-order valence-corrected chi connectivity index (χ4v) is 3.53. The molecule has 1 aromatic carbocycles. The molecule has 2 heterocycles. The van der Waals surface area contributed by atoms with Gasteiger partial charge in [-0.2, -0.15) is 13.2 Å². The summed E-state index contributed by atoms with van der Waals surface area (Å²) in [4.78, 5) is 16.9. The SMILES string of the molecule is CN(C)CCN1CCC(CNC(=O)c2nnn(-c3ccc(F)cc3)c2C(F)(F)F)CC1. The van der Waals surface area contributed by atoms with E-state index in [2.05, 4.69) is 25.4 Å². The van der Waals surface area contributed by atoms with E-state index in [0.717, 1.165) is 63.3 Å². The first kappa shape index (κ1) is 23.1. The van der Waals surface area contributed by atoms with Crippen molar-refractivity contribution in [3.63, 3.8) is 0 Å². The molecule has 170 valence electrons. The minimum Gasteiger partial charge on any atom is -0.350 e. The summed E-state index contributed by atoms with van der Waals surface area (Å²) in [7, 11) is 4.04. The van der Waals surface area contributed by atoms with Gasteiger partial charge < -0.3 is 15.1 Å². The Hall–Kier alpha value is -2.53. The molecule has 1 fully saturated rings. The largest absolute Gasteiger partial charge is 0.435 e. The molecule has 1 saturated heterocycles. The number of alkyl halides is 3. The van der Waals surface area contributed by atoms with Gasteiger partial charge in [0.05, 0.1) is 5.69 Å². The van der Waals surface area contributed by atoms with Crippen molar-refractivity contribution < 1.29 is 22.4 Å². The maximum Gasteiger partial charge on any atom is 0.435 e. The van der Waals surface area contributed by atoms with E-state index in [1.165, 1.54) is 0 Å². The highest BCUT2D eigenvalue weighted by Crippen LogP contribution is 2.32. The Morgan fingerprint density at radius 3 is 2.42 bits per heavy atom. The molecular formula is C20H26F4N6O. The van der Waals surface area contributed by atoms with Gasteiger partial charge in [-0.05, 0) is 70.2 Å². The summed E-state index contributed by atoms with van der Waals surface area (Å²) >= 11 is 0. The van der Waals surface area contributed by atoms with Crippen LogP contribution < -0.4 is 5.32 Å². The summed E-state index contributed by atoms with van der Waals surface area (Å²) in [5.41, 5.74) is -2.11. The van der Waals surface area contributed by atoms with Gasteiger partial charge in [0.2, 0.25) is 0 Å². The zero-order valence-corrected chi connectivity index (χ0v) is 17.5. The van der Waals surface area contributed by atoms with E-state index in [1.54, 1.807) is 0 Å². The minimum atomic E-state index is -4.86. The fourth-order valence-electron chi connectivity index (χ4n) is 3.53. The Morgan fingerprint density at radius 2 is 1.84 bits per heavy atom. The number of likely N-dealkylation sites (N-methyl/N-ethyl adjacent to an activating group) is 1. The van der Waals surface area contributed by atoms with Gasteiger partial charge in [-0.3, -0.25) is 4.79 Å². The van der Waals surface area contributed by atoms with E-state index >= 15 is 0 Å². The van der Waals surface area contributed by atoms with Gasteiger partial charge >= 0.3 is 6.18 Å². The number of nitrogens with zero attached hydrogens (tertiary/aromatic N) is 5. The molecular weight excluding hydrogens is 416 g/mol. The maximum absolute atomic E-state index is 13.7. The molecule has 0 aliphatic carbocycles. The Morgan fingerprint density at radius 1 is 1.19 bits per heavy atom. The predicted molar refractivity (Wildman–Crippen MR) is 106 cm³/mol. The van der Waals surface area contributed by atoms with E-state index in [0.29, 0.717) is 4.68 Å². The summed E-state index contributed by atoms with van der Waals surface area (Å²) in [6.07, 6.45) is -3.13. The lowest BCUT2D eigenvalue weighted by Gasteiger charge is -2.32. The zero-order chi connectivity index (χ0) is 22.6. The summed E-state index contributed by atoms with van der Waals surface area (Å²) in [5.74, 6) is -1.32. The lowest BCUT2D eigenvalue weighted by molar-refractivity contribution is -0.143. The van der Waals surface area contributed by atoms with Crippen molar-refractivity contribution in [3.8, 4) is 5.69 Å². The van der Waals surface area contributed by atoms with E-state index < -0.39 is 29.3 Å². The number of amides is 1. The van der Waals surface area contributed by atoms with E-state index in [9.17, 15) is 22.4 Å². The molecule has 7 nitrogen and oxygen atoms in total. The van der Waals surface area contributed by atoms with Crippen LogP contribution in [0.1, 0.15) is 29.0 Å². The second-order valence-electron chi connectivity index (χ2n) is 7.97. The van der Waals surface area contributed by atoms with Gasteiger partial charge in [0.1, 0.15) is 5.82 Å². The molecule has 11 heteroatoms. The molecule has 1 aliphatic heterocycles. The molecule has 0 spiro atoms. The number of hydrogen-bond acceptors (Lipinski definition) is 5. The summed E-state index contributed by atoms with van der Waals surface area (Å²) in [6.45, 7) is 3.99. The van der Waals surface area contributed by atoms with Crippen LogP contribution in [-0.2, 0) is 6.18 Å². The van der Waals surface area contributed by atoms with E-state index in [4.69, 9.17) is 0 Å². The van der Waals surface area contributed by atoms with Gasteiger partial charge in [0.25, 0.3) is 5.91 Å². The predicted octanol–water partition coefficient (Wildman–Crippen LogP) is 2.43. The number of aromatic nitrogens is 3. The van der Waals surface area contributed by atoms with Crippen molar-refractivity contribution in [3.05, 3.63) is 41.5 Å². The fraction of sp³-hybridized carbons (Fsp3) is 0.550. The van der Waals surface area contributed by atoms with E-state index in [-0.39, 0.29) is 18.2 Å². The first-order valence-corrected chi connectivity index (χ1v) is 10.1. The number of carbonyl (C=O) groups is 1. The first-order valence-electron chi connectivity index (χ1n) is 10.1. The topological polar surface area (TPSA) is 66.3 Å². The number of likely N-dealkylation sites (tertiary alicyclic amines) is 1. The Balaban J connectivity index is 1.64. The summed E-state index contributed by atoms with van der Waals surface area (Å²) in [5, 5.41) is 9.55. The van der Waals surface area contributed by atoms with Crippen LogP contribution in [0.15, 0.2) is 24.3 Å². The number of halogens is 4. The van der Waals surface area contributed by atoms with Crippen LogP contribution in [0.3, 0.4) is 0 Å². The maximum atomic E-state index is 13.7. The van der Waals surface area contributed by atoms with Crippen LogP contribution in [0, 0.1) is 11.7 Å². The van der Waals surface area contributed by atoms with Crippen LogP contribution in [0.2, 0.25) is 0 Å². The van der Waals surface area contributed by atoms with Crippen molar-refractivity contribution in [2.75, 3.05) is 46.8 Å². The standard InChI is InChI=1S/C20H26F4N6O/c1-28(2)11-12-29-9-7-14(8-10-29)13-25-19(31)17-18(20(22,23)24)30(27-26-17)16-5-3-15(21)4-6-16/h3-6,14H,7-13H2,1-2H3,(H,25,31).